The number of nitrogens with one attached hydrogen (secondary N) is 1. The zero-order valence-corrected chi connectivity index (χ0v) is 13.3. The molecule has 1 saturated heterocycles. The second kappa shape index (κ2) is 5.57. The Kier molecular flexibility index (Phi) is 4.23. The molecular formula is C14H24N4S. The summed E-state index contributed by atoms with van der Waals surface area (Å²) in [6, 6.07) is 2.05. The van der Waals surface area contributed by atoms with Crippen molar-refractivity contribution in [1.29, 1.82) is 0 Å². The molecule has 4 nitrogen and oxygen atoms in total. The standard InChI is InChI=1S/C14H24N4S/c1-14(2,3)10-6-7-18(9-10)12-8-11(15-4)16-13(17-12)19-5/h8,10H,6-7,9H2,1-5H3,(H,15,16,17). The number of hydrogen-bond acceptors (Lipinski definition) is 5. The fourth-order valence-electron chi connectivity index (χ4n) is 2.47. The molecule has 0 amide bonds. The van der Waals surface area contributed by atoms with Crippen LogP contribution in [0.15, 0.2) is 11.2 Å². The van der Waals surface area contributed by atoms with Crippen LogP contribution in [-0.2, 0) is 0 Å². The lowest BCUT2D eigenvalue weighted by Crippen LogP contribution is -2.26. The van der Waals surface area contributed by atoms with E-state index < -0.39 is 0 Å². The highest BCUT2D eigenvalue weighted by molar-refractivity contribution is 7.98. The third kappa shape index (κ3) is 3.32. The van der Waals surface area contributed by atoms with Crippen molar-refractivity contribution in [2.24, 2.45) is 11.3 Å². The van der Waals surface area contributed by atoms with Gasteiger partial charge in [-0.05, 0) is 24.0 Å². The van der Waals surface area contributed by atoms with Crippen molar-refractivity contribution in [3.05, 3.63) is 6.07 Å². The molecular weight excluding hydrogens is 256 g/mol. The monoisotopic (exact) mass is 280 g/mol. The van der Waals surface area contributed by atoms with Crippen LogP contribution in [0.25, 0.3) is 0 Å². The van der Waals surface area contributed by atoms with Gasteiger partial charge in [0, 0.05) is 26.2 Å². The summed E-state index contributed by atoms with van der Waals surface area (Å²) in [5.74, 6) is 2.68. The fraction of sp³-hybridized carbons (Fsp3) is 0.714. The molecule has 0 spiro atoms. The second-order valence-electron chi connectivity index (χ2n) is 6.15. The SMILES string of the molecule is CNc1cc(N2CCC(C(C)(C)C)C2)nc(SC)n1. The Bertz CT molecular complexity index is 419. The molecule has 2 heterocycles. The Balaban J connectivity index is 2.19. The van der Waals surface area contributed by atoms with Crippen molar-refractivity contribution in [2.45, 2.75) is 32.3 Å². The number of rotatable bonds is 3. The van der Waals surface area contributed by atoms with E-state index in [1.54, 1.807) is 11.8 Å². The van der Waals surface area contributed by atoms with E-state index in [9.17, 15) is 0 Å². The third-order valence-electron chi connectivity index (χ3n) is 3.87. The maximum atomic E-state index is 4.64. The highest BCUT2D eigenvalue weighted by Gasteiger charge is 2.32. The molecule has 1 aliphatic heterocycles. The lowest BCUT2D eigenvalue weighted by atomic mass is 9.80. The molecule has 0 radical (unpaired) electrons. The van der Waals surface area contributed by atoms with Gasteiger partial charge in [-0.3, -0.25) is 0 Å². The van der Waals surface area contributed by atoms with Gasteiger partial charge >= 0.3 is 0 Å². The molecule has 5 heteroatoms. The van der Waals surface area contributed by atoms with E-state index in [-0.39, 0.29) is 0 Å². The van der Waals surface area contributed by atoms with Crippen LogP contribution < -0.4 is 10.2 Å². The Morgan fingerprint density at radius 2 is 2.11 bits per heavy atom. The number of hydrogen-bond donors (Lipinski definition) is 1. The average Bonchev–Trinajstić information content (AvgIpc) is 2.87. The number of anilines is 2. The zero-order valence-electron chi connectivity index (χ0n) is 12.5. The van der Waals surface area contributed by atoms with E-state index in [0.29, 0.717) is 5.41 Å². The van der Waals surface area contributed by atoms with Gasteiger partial charge < -0.3 is 10.2 Å². The van der Waals surface area contributed by atoms with E-state index in [1.807, 2.05) is 19.4 Å². The smallest absolute Gasteiger partial charge is 0.191 e. The lowest BCUT2D eigenvalue weighted by molar-refractivity contribution is 0.263. The van der Waals surface area contributed by atoms with Crippen molar-refractivity contribution >= 4 is 23.4 Å². The average molecular weight is 280 g/mol. The van der Waals surface area contributed by atoms with Gasteiger partial charge in [0.2, 0.25) is 0 Å². The normalized spacial score (nSPS) is 19.8. The minimum Gasteiger partial charge on any atom is -0.373 e. The Labute approximate surface area is 120 Å². The quantitative estimate of drug-likeness (QED) is 0.680. The first-order valence-electron chi connectivity index (χ1n) is 6.80. The van der Waals surface area contributed by atoms with E-state index >= 15 is 0 Å². The van der Waals surface area contributed by atoms with Crippen molar-refractivity contribution in [1.82, 2.24) is 9.97 Å². The summed E-state index contributed by atoms with van der Waals surface area (Å²) in [6.45, 7) is 9.17. The minimum atomic E-state index is 0.371. The highest BCUT2D eigenvalue weighted by atomic mass is 32.2. The highest BCUT2D eigenvalue weighted by Crippen LogP contribution is 2.35. The molecule has 1 aromatic heterocycles. The van der Waals surface area contributed by atoms with Crippen molar-refractivity contribution in [3.63, 3.8) is 0 Å². The summed E-state index contributed by atoms with van der Waals surface area (Å²) < 4.78 is 0. The van der Waals surface area contributed by atoms with Crippen LogP contribution in [0.1, 0.15) is 27.2 Å². The van der Waals surface area contributed by atoms with Gasteiger partial charge in [0.25, 0.3) is 0 Å². The van der Waals surface area contributed by atoms with E-state index in [4.69, 9.17) is 0 Å². The second-order valence-corrected chi connectivity index (χ2v) is 6.92. The maximum Gasteiger partial charge on any atom is 0.191 e. The molecule has 0 bridgehead atoms. The van der Waals surface area contributed by atoms with Gasteiger partial charge in [-0.25, -0.2) is 9.97 Å². The van der Waals surface area contributed by atoms with Crippen LogP contribution >= 0.6 is 11.8 Å². The predicted molar refractivity (Wildman–Crippen MR) is 83.1 cm³/mol. The zero-order chi connectivity index (χ0) is 14.0. The fourth-order valence-corrected chi connectivity index (χ4v) is 2.84. The lowest BCUT2D eigenvalue weighted by Gasteiger charge is -2.27. The molecule has 19 heavy (non-hydrogen) atoms. The predicted octanol–water partition coefficient (Wildman–Crippen LogP) is 3.11. The number of thioether (sulfide) groups is 1. The van der Waals surface area contributed by atoms with Crippen molar-refractivity contribution < 1.29 is 0 Å². The van der Waals surface area contributed by atoms with Crippen LogP contribution in [-0.4, -0.2) is 36.4 Å². The van der Waals surface area contributed by atoms with Gasteiger partial charge in [-0.2, -0.15) is 0 Å². The van der Waals surface area contributed by atoms with Crippen molar-refractivity contribution in [2.75, 3.05) is 36.6 Å². The van der Waals surface area contributed by atoms with Gasteiger partial charge in [0.15, 0.2) is 5.16 Å². The maximum absolute atomic E-state index is 4.64. The summed E-state index contributed by atoms with van der Waals surface area (Å²) in [7, 11) is 1.90. The summed E-state index contributed by atoms with van der Waals surface area (Å²) in [4.78, 5) is 11.4. The molecule has 1 atom stereocenters. The minimum absolute atomic E-state index is 0.371. The topological polar surface area (TPSA) is 41.0 Å². The number of aromatic nitrogens is 2. The first-order chi connectivity index (χ1) is 8.94. The van der Waals surface area contributed by atoms with Gasteiger partial charge in [-0.1, -0.05) is 32.5 Å². The summed E-state index contributed by atoms with van der Waals surface area (Å²) in [5.41, 5.74) is 0.371. The third-order valence-corrected chi connectivity index (χ3v) is 4.42. The molecule has 1 unspecified atom stereocenters. The molecule has 1 N–H and O–H groups in total. The van der Waals surface area contributed by atoms with Crippen LogP contribution in [0.5, 0.6) is 0 Å². The molecule has 1 fully saturated rings. The van der Waals surface area contributed by atoms with Gasteiger partial charge in [0.1, 0.15) is 11.6 Å². The van der Waals surface area contributed by atoms with Gasteiger partial charge in [-0.15, -0.1) is 0 Å². The summed E-state index contributed by atoms with van der Waals surface area (Å²) in [6.07, 6.45) is 3.26. The Morgan fingerprint density at radius 1 is 1.37 bits per heavy atom. The van der Waals surface area contributed by atoms with Crippen molar-refractivity contribution in [3.8, 4) is 0 Å². The summed E-state index contributed by atoms with van der Waals surface area (Å²) >= 11 is 1.59. The first kappa shape index (κ1) is 14.4. The van der Waals surface area contributed by atoms with E-state index in [1.165, 1.54) is 6.42 Å². The number of nitrogens with zero attached hydrogens (tertiary/aromatic N) is 3. The van der Waals surface area contributed by atoms with Crippen LogP contribution in [0.3, 0.4) is 0 Å². The van der Waals surface area contributed by atoms with E-state index in [2.05, 4.69) is 41.0 Å². The molecule has 0 aliphatic carbocycles. The van der Waals surface area contributed by atoms with Crippen LogP contribution in [0, 0.1) is 11.3 Å². The summed E-state index contributed by atoms with van der Waals surface area (Å²) in [5, 5.41) is 3.95. The van der Waals surface area contributed by atoms with E-state index in [0.717, 1.165) is 35.8 Å². The molecule has 2 rings (SSSR count). The largest absolute Gasteiger partial charge is 0.373 e. The van der Waals surface area contributed by atoms with Crippen LogP contribution in [0.4, 0.5) is 11.6 Å². The molecule has 0 saturated carbocycles. The molecule has 106 valence electrons. The molecule has 0 aromatic carbocycles. The Morgan fingerprint density at radius 3 is 2.63 bits per heavy atom. The van der Waals surface area contributed by atoms with Crippen LogP contribution in [0.2, 0.25) is 0 Å². The van der Waals surface area contributed by atoms with Gasteiger partial charge in [0.05, 0.1) is 0 Å². The molecule has 1 aliphatic rings. The first-order valence-corrected chi connectivity index (χ1v) is 8.02. The molecule has 1 aromatic rings. The Hall–Kier alpha value is -0.970.